The van der Waals surface area contributed by atoms with Gasteiger partial charge in [-0.2, -0.15) is 5.10 Å². The van der Waals surface area contributed by atoms with Gasteiger partial charge in [0, 0.05) is 24.7 Å². The molecule has 0 saturated heterocycles. The third-order valence-electron chi connectivity index (χ3n) is 4.18. The van der Waals surface area contributed by atoms with Gasteiger partial charge in [-0.05, 0) is 24.8 Å². The zero-order chi connectivity index (χ0) is 14.1. The Bertz CT molecular complexity index is 650. The lowest BCUT2D eigenvalue weighted by Crippen LogP contribution is -2.13. The normalized spacial score (nSPS) is 22.9. The Hall–Kier alpha value is -1.49. The first kappa shape index (κ1) is 13.5. The van der Waals surface area contributed by atoms with E-state index in [1.807, 2.05) is 25.5 Å². The third kappa shape index (κ3) is 2.82. The second kappa shape index (κ2) is 5.48. The Balaban J connectivity index is 1.93. The van der Waals surface area contributed by atoms with Gasteiger partial charge in [0.05, 0.1) is 11.9 Å². The Morgan fingerprint density at radius 1 is 1.30 bits per heavy atom. The van der Waals surface area contributed by atoms with Gasteiger partial charge in [-0.15, -0.1) is 0 Å². The fourth-order valence-corrected chi connectivity index (χ4v) is 3.14. The van der Waals surface area contributed by atoms with Crippen LogP contribution >= 0.6 is 12.2 Å². The van der Waals surface area contributed by atoms with E-state index in [1.165, 1.54) is 25.7 Å². The minimum absolute atomic E-state index is 0.518. The van der Waals surface area contributed by atoms with E-state index >= 15 is 0 Å². The van der Waals surface area contributed by atoms with E-state index in [-0.39, 0.29) is 0 Å². The number of rotatable bonds is 2. The topological polar surface area (TPSA) is 46.5 Å². The lowest BCUT2D eigenvalue weighted by molar-refractivity contribution is 0.339. The van der Waals surface area contributed by atoms with E-state index < -0.39 is 0 Å². The van der Waals surface area contributed by atoms with Gasteiger partial charge in [-0.1, -0.05) is 32.0 Å². The molecule has 5 heteroatoms. The molecule has 0 bridgehead atoms. The Morgan fingerprint density at radius 3 is 2.70 bits per heavy atom. The van der Waals surface area contributed by atoms with Gasteiger partial charge >= 0.3 is 0 Å². The quantitative estimate of drug-likeness (QED) is 0.854. The number of H-pyrrole nitrogens is 1. The van der Waals surface area contributed by atoms with E-state index in [4.69, 9.17) is 12.2 Å². The van der Waals surface area contributed by atoms with E-state index in [0.717, 1.165) is 23.0 Å². The molecule has 20 heavy (non-hydrogen) atoms. The molecular weight excluding hydrogens is 268 g/mol. The molecule has 1 fully saturated rings. The molecule has 4 nitrogen and oxygen atoms in total. The van der Waals surface area contributed by atoms with Crippen LogP contribution in [0.15, 0.2) is 18.5 Å². The first-order valence-electron chi connectivity index (χ1n) is 7.22. The van der Waals surface area contributed by atoms with Crippen LogP contribution in [0.5, 0.6) is 0 Å². The molecule has 0 atom stereocenters. The summed E-state index contributed by atoms with van der Waals surface area (Å²) in [4.78, 5) is 8.02. The maximum atomic E-state index is 5.33. The molecule has 1 aliphatic carbocycles. The molecule has 2 heterocycles. The van der Waals surface area contributed by atoms with E-state index in [0.29, 0.717) is 10.6 Å². The second-order valence-electron chi connectivity index (χ2n) is 5.88. The van der Waals surface area contributed by atoms with E-state index in [2.05, 4.69) is 22.0 Å². The number of aryl methyl sites for hydroxylation is 1. The van der Waals surface area contributed by atoms with Crippen molar-refractivity contribution >= 4 is 12.2 Å². The molecule has 2 aromatic heterocycles. The molecular formula is C15H20N4S. The van der Waals surface area contributed by atoms with Crippen LogP contribution in [-0.2, 0) is 7.05 Å². The van der Waals surface area contributed by atoms with Gasteiger partial charge < -0.3 is 4.98 Å². The second-order valence-corrected chi connectivity index (χ2v) is 6.30. The highest BCUT2D eigenvalue weighted by Crippen LogP contribution is 2.34. The zero-order valence-corrected chi connectivity index (χ0v) is 12.8. The van der Waals surface area contributed by atoms with Crippen LogP contribution < -0.4 is 0 Å². The summed E-state index contributed by atoms with van der Waals surface area (Å²) in [6.07, 6.45) is 8.82. The summed E-state index contributed by atoms with van der Waals surface area (Å²) in [5.74, 6) is 2.41. The summed E-state index contributed by atoms with van der Waals surface area (Å²) in [5.41, 5.74) is 2.08. The van der Waals surface area contributed by atoms with Crippen LogP contribution in [0.4, 0.5) is 0 Å². The van der Waals surface area contributed by atoms with Gasteiger partial charge in [-0.3, -0.25) is 4.68 Å². The predicted molar refractivity (Wildman–Crippen MR) is 82.0 cm³/mol. The molecule has 0 unspecified atom stereocenters. The van der Waals surface area contributed by atoms with Crippen molar-refractivity contribution in [3.05, 3.63) is 28.9 Å². The van der Waals surface area contributed by atoms with Crippen molar-refractivity contribution in [1.29, 1.82) is 0 Å². The number of hydrogen-bond donors (Lipinski definition) is 1. The van der Waals surface area contributed by atoms with Crippen molar-refractivity contribution in [3.63, 3.8) is 0 Å². The van der Waals surface area contributed by atoms with Crippen molar-refractivity contribution < 1.29 is 0 Å². The van der Waals surface area contributed by atoms with Crippen LogP contribution in [-0.4, -0.2) is 19.7 Å². The molecule has 1 N–H and O–H groups in total. The molecule has 2 aromatic rings. The zero-order valence-electron chi connectivity index (χ0n) is 12.0. The summed E-state index contributed by atoms with van der Waals surface area (Å²) in [5, 5.41) is 4.22. The maximum Gasteiger partial charge on any atom is 0.130 e. The Morgan fingerprint density at radius 2 is 2.05 bits per heavy atom. The lowest BCUT2D eigenvalue weighted by Gasteiger charge is -2.25. The fraction of sp³-hybridized carbons (Fsp3) is 0.533. The first-order chi connectivity index (χ1) is 9.61. The van der Waals surface area contributed by atoms with Gasteiger partial charge in [-0.25, -0.2) is 4.98 Å². The van der Waals surface area contributed by atoms with Crippen molar-refractivity contribution in [2.24, 2.45) is 13.0 Å². The Kier molecular flexibility index (Phi) is 3.70. The summed E-state index contributed by atoms with van der Waals surface area (Å²) >= 11 is 5.33. The molecule has 0 aliphatic heterocycles. The molecule has 1 saturated carbocycles. The molecule has 0 amide bonds. The van der Waals surface area contributed by atoms with Gasteiger partial charge in [0.2, 0.25) is 0 Å². The third-order valence-corrected chi connectivity index (χ3v) is 4.39. The van der Waals surface area contributed by atoms with Crippen molar-refractivity contribution in [1.82, 2.24) is 19.7 Å². The molecule has 0 radical (unpaired) electrons. The summed E-state index contributed by atoms with van der Waals surface area (Å²) in [6.45, 7) is 2.33. The van der Waals surface area contributed by atoms with Gasteiger partial charge in [0.15, 0.2) is 0 Å². The molecule has 106 valence electrons. The maximum absolute atomic E-state index is 5.33. The molecule has 1 aliphatic rings. The van der Waals surface area contributed by atoms with E-state index in [9.17, 15) is 0 Å². The number of aromatic amines is 1. The highest BCUT2D eigenvalue weighted by Gasteiger charge is 2.21. The van der Waals surface area contributed by atoms with E-state index in [1.54, 1.807) is 4.68 Å². The first-order valence-corrected chi connectivity index (χ1v) is 7.63. The SMILES string of the molecule is CC1CCC(c2nc(=S)cc(-c3cnn(C)c3)[nH]2)CC1. The van der Waals surface area contributed by atoms with Gasteiger partial charge in [0.25, 0.3) is 0 Å². The average Bonchev–Trinajstić information content (AvgIpc) is 2.85. The fourth-order valence-electron chi connectivity index (χ4n) is 2.92. The van der Waals surface area contributed by atoms with Crippen LogP contribution in [0, 0.1) is 10.6 Å². The van der Waals surface area contributed by atoms with Crippen LogP contribution in [0.2, 0.25) is 0 Å². The van der Waals surface area contributed by atoms with Crippen molar-refractivity contribution in [2.75, 3.05) is 0 Å². The number of aromatic nitrogens is 4. The monoisotopic (exact) mass is 288 g/mol. The summed E-state index contributed by atoms with van der Waals surface area (Å²) < 4.78 is 2.46. The van der Waals surface area contributed by atoms with Crippen molar-refractivity contribution in [3.8, 4) is 11.3 Å². The number of nitrogens with one attached hydrogen (secondary N) is 1. The standard InChI is InChI=1S/C15H20N4S/c1-10-3-5-11(6-4-10)15-17-13(7-14(20)18-15)12-8-16-19(2)9-12/h7-11H,3-6H2,1-2H3,(H,17,18,20). The largest absolute Gasteiger partial charge is 0.343 e. The smallest absolute Gasteiger partial charge is 0.130 e. The van der Waals surface area contributed by atoms with Crippen LogP contribution in [0.3, 0.4) is 0 Å². The Labute approximate surface area is 124 Å². The predicted octanol–water partition coefficient (Wildman–Crippen LogP) is 3.83. The molecule has 0 aromatic carbocycles. The lowest BCUT2D eigenvalue weighted by atomic mass is 9.82. The van der Waals surface area contributed by atoms with Crippen LogP contribution in [0.1, 0.15) is 44.3 Å². The summed E-state index contributed by atoms with van der Waals surface area (Å²) in [7, 11) is 1.92. The molecule has 0 spiro atoms. The van der Waals surface area contributed by atoms with Crippen molar-refractivity contribution in [2.45, 2.75) is 38.5 Å². The minimum Gasteiger partial charge on any atom is -0.343 e. The average molecular weight is 288 g/mol. The molecule has 3 rings (SSSR count). The van der Waals surface area contributed by atoms with Crippen LogP contribution in [0.25, 0.3) is 11.3 Å². The highest BCUT2D eigenvalue weighted by atomic mass is 32.1. The highest BCUT2D eigenvalue weighted by molar-refractivity contribution is 7.71. The number of hydrogen-bond acceptors (Lipinski definition) is 3. The summed E-state index contributed by atoms with van der Waals surface area (Å²) in [6, 6.07) is 1.92. The minimum atomic E-state index is 0.518. The number of nitrogens with zero attached hydrogens (tertiary/aromatic N) is 3. The van der Waals surface area contributed by atoms with Gasteiger partial charge in [0.1, 0.15) is 10.5 Å².